The molecule has 164 valence electrons. The molecule has 4 rings (SSSR count). The lowest BCUT2D eigenvalue weighted by atomic mass is 9.72. The zero-order valence-corrected chi connectivity index (χ0v) is 18.2. The summed E-state index contributed by atoms with van der Waals surface area (Å²) in [6, 6.07) is 17.0. The van der Waals surface area contributed by atoms with Crippen molar-refractivity contribution in [1.29, 1.82) is 0 Å². The molecule has 2 aromatic carbocycles. The number of amides is 3. The number of carbonyl (C=O) groups is 2. The van der Waals surface area contributed by atoms with Crippen LogP contribution in [0, 0.1) is 0 Å². The molecule has 6 nitrogen and oxygen atoms in total. The van der Waals surface area contributed by atoms with Crippen molar-refractivity contribution < 1.29 is 14.3 Å². The molecule has 2 aliphatic rings. The molecule has 2 fully saturated rings. The van der Waals surface area contributed by atoms with Crippen LogP contribution in [-0.4, -0.2) is 49.7 Å². The van der Waals surface area contributed by atoms with E-state index in [4.69, 9.17) is 16.3 Å². The number of hydrogen-bond donors (Lipinski definition) is 2. The Morgan fingerprint density at radius 2 is 1.71 bits per heavy atom. The van der Waals surface area contributed by atoms with Crippen LogP contribution in [0.4, 0.5) is 4.79 Å². The number of halogens is 1. The van der Waals surface area contributed by atoms with Crippen LogP contribution in [0.25, 0.3) is 0 Å². The second-order valence-corrected chi connectivity index (χ2v) is 8.61. The number of urea groups is 1. The van der Waals surface area contributed by atoms with Crippen LogP contribution in [-0.2, 0) is 15.1 Å². The van der Waals surface area contributed by atoms with Gasteiger partial charge in [-0.3, -0.25) is 4.79 Å². The molecule has 1 aliphatic heterocycles. The summed E-state index contributed by atoms with van der Waals surface area (Å²) in [5.41, 5.74) is 1.59. The third-order valence-electron chi connectivity index (χ3n) is 6.25. The molecule has 2 aromatic rings. The second kappa shape index (κ2) is 9.71. The van der Waals surface area contributed by atoms with Crippen LogP contribution in [0.3, 0.4) is 0 Å². The molecule has 1 heterocycles. The number of ether oxygens (including phenoxy) is 1. The van der Waals surface area contributed by atoms with E-state index < -0.39 is 5.92 Å². The van der Waals surface area contributed by atoms with Gasteiger partial charge in [0.25, 0.3) is 0 Å². The first kappa shape index (κ1) is 21.7. The minimum absolute atomic E-state index is 0.0193. The van der Waals surface area contributed by atoms with E-state index in [9.17, 15) is 9.59 Å². The Labute approximate surface area is 187 Å². The Kier molecular flexibility index (Phi) is 6.78. The lowest BCUT2D eigenvalue weighted by molar-refractivity contribution is -0.136. The van der Waals surface area contributed by atoms with E-state index in [0.29, 0.717) is 31.3 Å². The van der Waals surface area contributed by atoms with Gasteiger partial charge in [-0.25, -0.2) is 4.79 Å². The van der Waals surface area contributed by atoms with E-state index >= 15 is 0 Å². The highest BCUT2D eigenvalue weighted by Gasteiger charge is 2.40. The van der Waals surface area contributed by atoms with Gasteiger partial charge in [0.15, 0.2) is 0 Å². The Hall–Kier alpha value is -2.57. The maximum Gasteiger partial charge on any atom is 0.315 e. The van der Waals surface area contributed by atoms with Crippen molar-refractivity contribution in [2.45, 2.75) is 30.7 Å². The average Bonchev–Trinajstić information content (AvgIpc) is 2.78. The summed E-state index contributed by atoms with van der Waals surface area (Å²) < 4.78 is 5.37. The topological polar surface area (TPSA) is 70.7 Å². The number of hydrogen-bond acceptors (Lipinski definition) is 3. The van der Waals surface area contributed by atoms with Gasteiger partial charge in [0.05, 0.1) is 24.7 Å². The molecule has 0 radical (unpaired) electrons. The summed E-state index contributed by atoms with van der Waals surface area (Å²) in [6.45, 7) is 2.49. The van der Waals surface area contributed by atoms with E-state index in [1.807, 2.05) is 59.5 Å². The highest BCUT2D eigenvalue weighted by atomic mass is 35.5. The normalized spacial score (nSPS) is 18.5. The van der Waals surface area contributed by atoms with Gasteiger partial charge in [0, 0.05) is 24.7 Å². The van der Waals surface area contributed by atoms with Crippen LogP contribution in [0.2, 0.25) is 5.02 Å². The van der Waals surface area contributed by atoms with Gasteiger partial charge < -0.3 is 20.3 Å². The van der Waals surface area contributed by atoms with Gasteiger partial charge in [-0.15, -0.1) is 0 Å². The Balaban J connectivity index is 1.43. The summed E-state index contributed by atoms with van der Waals surface area (Å²) >= 11 is 6.02. The molecular weight excluding hydrogens is 414 g/mol. The summed E-state index contributed by atoms with van der Waals surface area (Å²) in [5.74, 6) is -0.413. The monoisotopic (exact) mass is 441 g/mol. The number of morpholine rings is 1. The minimum atomic E-state index is -0.432. The van der Waals surface area contributed by atoms with Crippen LogP contribution < -0.4 is 10.6 Å². The lowest BCUT2D eigenvalue weighted by Gasteiger charge is -2.43. The number of carbonyl (C=O) groups excluding carboxylic acids is 2. The average molecular weight is 442 g/mol. The molecule has 1 unspecified atom stereocenters. The molecule has 1 atom stereocenters. The summed E-state index contributed by atoms with van der Waals surface area (Å²) in [4.78, 5) is 27.9. The van der Waals surface area contributed by atoms with Gasteiger partial charge in [-0.2, -0.15) is 0 Å². The van der Waals surface area contributed by atoms with Gasteiger partial charge >= 0.3 is 6.03 Å². The first-order valence-electron chi connectivity index (χ1n) is 10.8. The maximum absolute atomic E-state index is 13.2. The third-order valence-corrected chi connectivity index (χ3v) is 6.50. The van der Waals surface area contributed by atoms with Crippen LogP contribution in [0.15, 0.2) is 54.6 Å². The molecule has 3 amide bonds. The summed E-state index contributed by atoms with van der Waals surface area (Å²) in [6.07, 6.45) is 2.83. The van der Waals surface area contributed by atoms with Crippen molar-refractivity contribution in [3.05, 3.63) is 70.7 Å². The molecule has 1 aliphatic carbocycles. The fraction of sp³-hybridized carbons (Fsp3) is 0.417. The van der Waals surface area contributed by atoms with Gasteiger partial charge in [-0.05, 0) is 42.5 Å². The van der Waals surface area contributed by atoms with Crippen molar-refractivity contribution in [3.8, 4) is 0 Å². The zero-order valence-electron chi connectivity index (χ0n) is 17.5. The van der Waals surface area contributed by atoms with Crippen LogP contribution in [0.5, 0.6) is 0 Å². The van der Waals surface area contributed by atoms with Gasteiger partial charge in [0.1, 0.15) is 0 Å². The first-order valence-corrected chi connectivity index (χ1v) is 11.2. The molecule has 1 saturated heterocycles. The van der Waals surface area contributed by atoms with E-state index in [0.717, 1.165) is 30.4 Å². The van der Waals surface area contributed by atoms with E-state index in [-0.39, 0.29) is 24.0 Å². The predicted octanol–water partition coefficient (Wildman–Crippen LogP) is 3.66. The van der Waals surface area contributed by atoms with Crippen molar-refractivity contribution in [2.24, 2.45) is 0 Å². The smallest absolute Gasteiger partial charge is 0.315 e. The fourth-order valence-electron chi connectivity index (χ4n) is 4.28. The molecule has 7 heteroatoms. The predicted molar refractivity (Wildman–Crippen MR) is 120 cm³/mol. The third kappa shape index (κ3) is 5.02. The lowest BCUT2D eigenvalue weighted by Crippen LogP contribution is -2.55. The first-order chi connectivity index (χ1) is 15.1. The highest BCUT2D eigenvalue weighted by Crippen LogP contribution is 2.41. The molecule has 2 N–H and O–H groups in total. The molecule has 0 bridgehead atoms. The van der Waals surface area contributed by atoms with E-state index in [1.54, 1.807) is 0 Å². The van der Waals surface area contributed by atoms with Crippen molar-refractivity contribution in [2.75, 3.05) is 32.8 Å². The van der Waals surface area contributed by atoms with Crippen molar-refractivity contribution in [1.82, 2.24) is 15.5 Å². The molecular formula is C24H28ClN3O3. The van der Waals surface area contributed by atoms with Gasteiger partial charge in [-0.1, -0.05) is 54.1 Å². The fourth-order valence-corrected chi connectivity index (χ4v) is 4.40. The largest absolute Gasteiger partial charge is 0.378 e. The second-order valence-electron chi connectivity index (χ2n) is 8.18. The number of rotatable bonds is 6. The SMILES string of the molecule is O=C(NCC(C(=O)N1CCOCC1)c1ccccc1)NC1(c2ccc(Cl)cc2)CCC1. The molecule has 31 heavy (non-hydrogen) atoms. The number of nitrogens with zero attached hydrogens (tertiary/aromatic N) is 1. The Morgan fingerprint density at radius 1 is 1.03 bits per heavy atom. The number of benzene rings is 2. The van der Waals surface area contributed by atoms with Crippen molar-refractivity contribution in [3.63, 3.8) is 0 Å². The summed E-state index contributed by atoms with van der Waals surface area (Å²) in [7, 11) is 0. The van der Waals surface area contributed by atoms with Crippen molar-refractivity contribution >= 4 is 23.5 Å². The Morgan fingerprint density at radius 3 is 2.32 bits per heavy atom. The molecule has 1 saturated carbocycles. The van der Waals surface area contributed by atoms with Gasteiger partial charge in [0.2, 0.25) is 5.91 Å². The highest BCUT2D eigenvalue weighted by molar-refractivity contribution is 6.30. The maximum atomic E-state index is 13.2. The van der Waals surface area contributed by atoms with E-state index in [2.05, 4.69) is 10.6 Å². The van der Waals surface area contributed by atoms with E-state index in [1.165, 1.54) is 0 Å². The van der Waals surface area contributed by atoms with Crippen LogP contribution in [0.1, 0.15) is 36.3 Å². The molecule has 0 spiro atoms. The minimum Gasteiger partial charge on any atom is -0.378 e. The number of nitrogens with one attached hydrogen (secondary N) is 2. The quantitative estimate of drug-likeness (QED) is 0.718. The zero-order chi connectivity index (χ0) is 21.7. The standard InChI is InChI=1S/C24H28ClN3O3/c25-20-9-7-19(8-10-20)24(11-4-12-24)27-23(30)26-17-21(18-5-2-1-3-6-18)22(29)28-13-15-31-16-14-28/h1-3,5-10,21H,4,11-17H2,(H2,26,27,30). The molecule has 0 aromatic heterocycles. The Bertz CT molecular complexity index is 894. The summed E-state index contributed by atoms with van der Waals surface area (Å²) in [5, 5.41) is 6.78. The van der Waals surface area contributed by atoms with Crippen LogP contribution >= 0.6 is 11.6 Å².